The van der Waals surface area contributed by atoms with Crippen LogP contribution in [0.5, 0.6) is 5.75 Å². The van der Waals surface area contributed by atoms with E-state index in [1.54, 1.807) is 37.3 Å². The largest absolute Gasteiger partial charge is 0.507 e. The van der Waals surface area contributed by atoms with Gasteiger partial charge in [0.05, 0.1) is 11.6 Å². The molecule has 0 bridgehead atoms. The fourth-order valence-corrected chi connectivity index (χ4v) is 4.64. The maximum absolute atomic E-state index is 13.1. The molecular weight excluding hydrogens is 328 g/mol. The lowest BCUT2D eigenvalue weighted by Crippen LogP contribution is -2.44. The van der Waals surface area contributed by atoms with Gasteiger partial charge < -0.3 is 10.8 Å². The Hall–Kier alpha value is -2.54. The van der Waals surface area contributed by atoms with Gasteiger partial charge in [0.2, 0.25) is 5.91 Å². The molecule has 126 valence electrons. The number of aryl methyl sites for hydroxylation is 1. The van der Waals surface area contributed by atoms with E-state index in [4.69, 9.17) is 5.73 Å². The lowest BCUT2D eigenvalue weighted by Gasteiger charge is -2.34. The molecular formula is C17H18N2O4S. The Morgan fingerprint density at radius 2 is 1.96 bits per heavy atom. The molecule has 3 N–H and O–H groups in total. The van der Waals surface area contributed by atoms with Crippen LogP contribution >= 0.6 is 0 Å². The summed E-state index contributed by atoms with van der Waals surface area (Å²) in [5, 5.41) is 10.0. The molecule has 0 saturated carbocycles. The molecule has 2 aromatic carbocycles. The predicted molar refractivity (Wildman–Crippen MR) is 90.2 cm³/mol. The molecule has 0 radical (unpaired) electrons. The van der Waals surface area contributed by atoms with Crippen LogP contribution in [0.3, 0.4) is 0 Å². The number of amides is 1. The Kier molecular flexibility index (Phi) is 3.96. The summed E-state index contributed by atoms with van der Waals surface area (Å²) in [6.07, 6.45) is 0.400. The lowest BCUT2D eigenvalue weighted by molar-refractivity contribution is -0.121. The van der Waals surface area contributed by atoms with Crippen LogP contribution in [0.4, 0.5) is 5.69 Å². The number of nitrogens with two attached hydrogens (primary N) is 1. The van der Waals surface area contributed by atoms with Crippen LogP contribution in [0.15, 0.2) is 47.4 Å². The summed E-state index contributed by atoms with van der Waals surface area (Å²) in [5.74, 6) is -1.47. The van der Waals surface area contributed by atoms with E-state index in [9.17, 15) is 18.3 Å². The van der Waals surface area contributed by atoms with Gasteiger partial charge in [0.15, 0.2) is 0 Å². The number of nitrogens with zero attached hydrogens (tertiary/aromatic N) is 1. The number of phenolic OH excluding ortho intramolecular Hbond substituents is 1. The number of para-hydroxylation sites is 1. The zero-order valence-corrected chi connectivity index (χ0v) is 14.0. The van der Waals surface area contributed by atoms with Crippen LogP contribution in [-0.2, 0) is 21.2 Å². The minimum absolute atomic E-state index is 0.0396. The smallest absolute Gasteiger partial charge is 0.268 e. The van der Waals surface area contributed by atoms with Gasteiger partial charge >= 0.3 is 0 Å². The summed E-state index contributed by atoms with van der Waals surface area (Å²) in [7, 11) is -4.02. The van der Waals surface area contributed by atoms with Gasteiger partial charge in [-0.25, -0.2) is 8.42 Å². The van der Waals surface area contributed by atoms with Gasteiger partial charge in [0.1, 0.15) is 10.6 Å². The zero-order valence-electron chi connectivity index (χ0n) is 13.1. The summed E-state index contributed by atoms with van der Waals surface area (Å²) in [6, 6.07) is 11.4. The quantitative estimate of drug-likeness (QED) is 0.880. The minimum atomic E-state index is -4.02. The average molecular weight is 346 g/mol. The second kappa shape index (κ2) is 5.83. The molecule has 0 aromatic heterocycles. The monoisotopic (exact) mass is 346 g/mol. The van der Waals surface area contributed by atoms with Crippen LogP contribution in [0, 0.1) is 12.8 Å². The lowest BCUT2D eigenvalue weighted by atomic mass is 9.93. The predicted octanol–water partition coefficient (Wildman–Crippen LogP) is 1.55. The molecule has 3 rings (SSSR count). The molecule has 7 heteroatoms. The first kappa shape index (κ1) is 16.3. The maximum atomic E-state index is 13.1. The number of anilines is 1. The second-order valence-corrected chi connectivity index (χ2v) is 7.77. The van der Waals surface area contributed by atoms with E-state index in [-0.39, 0.29) is 17.2 Å². The van der Waals surface area contributed by atoms with Gasteiger partial charge in [0.25, 0.3) is 10.0 Å². The number of rotatable bonds is 3. The van der Waals surface area contributed by atoms with E-state index in [0.29, 0.717) is 17.7 Å². The molecule has 1 aliphatic rings. The fourth-order valence-electron chi connectivity index (χ4n) is 2.92. The van der Waals surface area contributed by atoms with Crippen molar-refractivity contribution in [3.63, 3.8) is 0 Å². The summed E-state index contributed by atoms with van der Waals surface area (Å²) in [5.41, 5.74) is 7.37. The molecule has 2 aromatic rings. The molecule has 24 heavy (non-hydrogen) atoms. The molecule has 0 fully saturated rings. The zero-order chi connectivity index (χ0) is 17.5. The van der Waals surface area contributed by atoms with Crippen molar-refractivity contribution in [3.8, 4) is 5.75 Å². The van der Waals surface area contributed by atoms with Crippen molar-refractivity contribution in [2.45, 2.75) is 18.2 Å². The van der Waals surface area contributed by atoms with E-state index in [1.165, 1.54) is 12.1 Å². The third-order valence-corrected chi connectivity index (χ3v) is 6.01. The first-order valence-electron chi connectivity index (χ1n) is 7.50. The second-order valence-electron chi connectivity index (χ2n) is 5.94. The third-order valence-electron chi connectivity index (χ3n) is 4.20. The number of phenols is 1. The highest BCUT2D eigenvalue weighted by Crippen LogP contribution is 2.36. The highest BCUT2D eigenvalue weighted by molar-refractivity contribution is 7.93. The number of benzene rings is 2. The summed E-state index contributed by atoms with van der Waals surface area (Å²) >= 11 is 0. The molecule has 0 unspecified atom stereocenters. The van der Waals surface area contributed by atoms with Crippen molar-refractivity contribution < 1.29 is 18.3 Å². The van der Waals surface area contributed by atoms with E-state index >= 15 is 0 Å². The summed E-state index contributed by atoms with van der Waals surface area (Å²) in [6.45, 7) is 1.71. The van der Waals surface area contributed by atoms with Crippen LogP contribution < -0.4 is 10.0 Å². The van der Waals surface area contributed by atoms with Crippen molar-refractivity contribution in [1.29, 1.82) is 0 Å². The third kappa shape index (κ3) is 2.71. The highest BCUT2D eigenvalue weighted by Gasteiger charge is 2.36. The van der Waals surface area contributed by atoms with Gasteiger partial charge in [0, 0.05) is 6.54 Å². The van der Waals surface area contributed by atoms with Gasteiger partial charge in [-0.1, -0.05) is 24.3 Å². The normalized spacial score (nSPS) is 17.4. The number of hydrogen-bond acceptors (Lipinski definition) is 4. The van der Waals surface area contributed by atoms with E-state index in [0.717, 1.165) is 9.87 Å². The van der Waals surface area contributed by atoms with Crippen molar-refractivity contribution in [1.82, 2.24) is 0 Å². The molecule has 0 aliphatic carbocycles. The van der Waals surface area contributed by atoms with Gasteiger partial charge in [-0.2, -0.15) is 0 Å². The van der Waals surface area contributed by atoms with Gasteiger partial charge in [-0.05, 0) is 42.7 Å². The van der Waals surface area contributed by atoms with Crippen LogP contribution in [-0.4, -0.2) is 26.0 Å². The van der Waals surface area contributed by atoms with Crippen molar-refractivity contribution >= 4 is 21.6 Å². The molecule has 0 spiro atoms. The Morgan fingerprint density at radius 1 is 1.25 bits per heavy atom. The number of carbonyl (C=O) groups excluding carboxylic acids is 1. The number of primary amides is 1. The number of hydrogen-bond donors (Lipinski definition) is 2. The standard InChI is InChI=1S/C17H18N2O4S/c1-11-6-7-15(20)16(8-11)24(22,23)19-10-13(17(18)21)9-12-4-2-3-5-14(12)19/h2-8,13,20H,9-10H2,1H3,(H2,18,21)/t13-/m1/s1. The molecule has 0 saturated heterocycles. The minimum Gasteiger partial charge on any atom is -0.507 e. The molecule has 6 nitrogen and oxygen atoms in total. The molecule has 1 aliphatic heterocycles. The molecule has 1 atom stereocenters. The molecule has 1 heterocycles. The van der Waals surface area contributed by atoms with Crippen molar-refractivity contribution in [2.24, 2.45) is 11.7 Å². The van der Waals surface area contributed by atoms with E-state index in [2.05, 4.69) is 0 Å². The SMILES string of the molecule is Cc1ccc(O)c(S(=O)(=O)N2C[C@H](C(N)=O)Cc3ccccc32)c1. The van der Waals surface area contributed by atoms with E-state index in [1.807, 2.05) is 0 Å². The topological polar surface area (TPSA) is 101 Å². The van der Waals surface area contributed by atoms with Crippen molar-refractivity contribution in [3.05, 3.63) is 53.6 Å². The number of sulfonamides is 1. The number of aromatic hydroxyl groups is 1. The molecule has 1 amide bonds. The highest BCUT2D eigenvalue weighted by atomic mass is 32.2. The maximum Gasteiger partial charge on any atom is 0.268 e. The summed E-state index contributed by atoms with van der Waals surface area (Å²) < 4.78 is 27.4. The Morgan fingerprint density at radius 3 is 2.67 bits per heavy atom. The Bertz CT molecular complexity index is 909. The Balaban J connectivity index is 2.16. The van der Waals surface area contributed by atoms with Gasteiger partial charge in [-0.15, -0.1) is 0 Å². The van der Waals surface area contributed by atoms with E-state index < -0.39 is 21.8 Å². The first-order valence-corrected chi connectivity index (χ1v) is 8.94. The number of carbonyl (C=O) groups is 1. The average Bonchev–Trinajstić information content (AvgIpc) is 2.55. The van der Waals surface area contributed by atoms with Crippen LogP contribution in [0.25, 0.3) is 0 Å². The fraction of sp³-hybridized carbons (Fsp3) is 0.235. The van der Waals surface area contributed by atoms with Gasteiger partial charge in [-0.3, -0.25) is 9.10 Å². The number of fused-ring (bicyclic) bond motifs is 1. The Labute approximate surface area is 140 Å². The first-order chi connectivity index (χ1) is 11.3. The van der Waals surface area contributed by atoms with Crippen molar-refractivity contribution in [2.75, 3.05) is 10.8 Å². The summed E-state index contributed by atoms with van der Waals surface area (Å²) in [4.78, 5) is 11.5. The van der Waals surface area contributed by atoms with Crippen LogP contribution in [0.2, 0.25) is 0 Å². The van der Waals surface area contributed by atoms with Crippen LogP contribution in [0.1, 0.15) is 11.1 Å².